The van der Waals surface area contributed by atoms with Gasteiger partial charge in [0.2, 0.25) is 0 Å². The standard InChI is InChI=1S/C13H17N/c1-2-4-10(5-3-1)12-8-11-6-7-14-9-13(11)12/h1-5,11-14H,6-9H2/t11-,12+,13-/m0/s1. The highest BCUT2D eigenvalue weighted by atomic mass is 14.9. The summed E-state index contributed by atoms with van der Waals surface area (Å²) in [5.74, 6) is 2.78. The minimum Gasteiger partial charge on any atom is -0.316 e. The van der Waals surface area contributed by atoms with Gasteiger partial charge in [0, 0.05) is 0 Å². The zero-order valence-electron chi connectivity index (χ0n) is 8.45. The van der Waals surface area contributed by atoms with Crippen molar-refractivity contribution < 1.29 is 0 Å². The fraction of sp³-hybridized carbons (Fsp3) is 0.538. The van der Waals surface area contributed by atoms with E-state index in [1.165, 1.54) is 25.9 Å². The van der Waals surface area contributed by atoms with Crippen LogP contribution >= 0.6 is 0 Å². The van der Waals surface area contributed by atoms with Crippen LogP contribution in [0.4, 0.5) is 0 Å². The molecule has 0 unspecified atom stereocenters. The van der Waals surface area contributed by atoms with Gasteiger partial charge in [0.1, 0.15) is 0 Å². The maximum atomic E-state index is 3.52. The number of fused-ring (bicyclic) bond motifs is 1. The van der Waals surface area contributed by atoms with E-state index < -0.39 is 0 Å². The van der Waals surface area contributed by atoms with Gasteiger partial charge in [-0.1, -0.05) is 30.3 Å². The molecule has 0 spiro atoms. The highest BCUT2D eigenvalue weighted by Gasteiger charge is 2.42. The lowest BCUT2D eigenvalue weighted by Gasteiger charge is -2.48. The molecule has 0 radical (unpaired) electrons. The van der Waals surface area contributed by atoms with Gasteiger partial charge in [-0.25, -0.2) is 0 Å². The molecule has 1 N–H and O–H groups in total. The van der Waals surface area contributed by atoms with Crippen molar-refractivity contribution in [3.8, 4) is 0 Å². The van der Waals surface area contributed by atoms with Crippen LogP contribution in [0, 0.1) is 11.8 Å². The van der Waals surface area contributed by atoms with Crippen LogP contribution in [-0.4, -0.2) is 13.1 Å². The van der Waals surface area contributed by atoms with E-state index in [1.54, 1.807) is 5.56 Å². The first-order valence-electron chi connectivity index (χ1n) is 5.71. The summed E-state index contributed by atoms with van der Waals surface area (Å²) in [4.78, 5) is 0. The first-order valence-corrected chi connectivity index (χ1v) is 5.71. The molecule has 1 aromatic carbocycles. The van der Waals surface area contributed by atoms with Gasteiger partial charge in [0.25, 0.3) is 0 Å². The maximum absolute atomic E-state index is 3.52. The highest BCUT2D eigenvalue weighted by molar-refractivity contribution is 5.24. The highest BCUT2D eigenvalue weighted by Crippen LogP contribution is 2.49. The zero-order chi connectivity index (χ0) is 9.38. The Bertz CT molecular complexity index is 306. The van der Waals surface area contributed by atoms with Crippen LogP contribution in [0.2, 0.25) is 0 Å². The summed E-state index contributed by atoms with van der Waals surface area (Å²) in [6, 6.07) is 11.0. The molecule has 74 valence electrons. The van der Waals surface area contributed by atoms with E-state index in [9.17, 15) is 0 Å². The summed E-state index contributed by atoms with van der Waals surface area (Å²) in [6.45, 7) is 2.48. The molecule has 0 aromatic heterocycles. The van der Waals surface area contributed by atoms with Crippen LogP contribution in [0.3, 0.4) is 0 Å². The molecule has 0 amide bonds. The van der Waals surface area contributed by atoms with Crippen molar-refractivity contribution in [3.63, 3.8) is 0 Å². The molecule has 1 aromatic rings. The van der Waals surface area contributed by atoms with Gasteiger partial charge in [-0.15, -0.1) is 0 Å². The van der Waals surface area contributed by atoms with E-state index in [4.69, 9.17) is 0 Å². The van der Waals surface area contributed by atoms with Crippen molar-refractivity contribution >= 4 is 0 Å². The van der Waals surface area contributed by atoms with Gasteiger partial charge in [-0.05, 0) is 49.2 Å². The summed E-state index contributed by atoms with van der Waals surface area (Å²) >= 11 is 0. The Balaban J connectivity index is 1.76. The topological polar surface area (TPSA) is 12.0 Å². The lowest BCUT2D eigenvalue weighted by molar-refractivity contribution is 0.0934. The molecule has 3 atom stereocenters. The Hall–Kier alpha value is -0.820. The van der Waals surface area contributed by atoms with Gasteiger partial charge in [-0.3, -0.25) is 0 Å². The normalized spacial score (nSPS) is 35.9. The molecule has 2 fully saturated rings. The SMILES string of the molecule is c1ccc([C@H]2C[C@@H]3CCNC[C@@H]32)cc1. The predicted octanol–water partition coefficient (Wildman–Crippen LogP) is 2.40. The smallest absolute Gasteiger partial charge is 0.00120 e. The quantitative estimate of drug-likeness (QED) is 0.712. The summed E-state index contributed by atoms with van der Waals surface area (Å²) in [5.41, 5.74) is 1.55. The molecule has 1 heteroatoms. The van der Waals surface area contributed by atoms with E-state index >= 15 is 0 Å². The average Bonchev–Trinajstić information content (AvgIpc) is 2.22. The molecule has 1 nitrogen and oxygen atoms in total. The van der Waals surface area contributed by atoms with E-state index in [1.807, 2.05) is 0 Å². The molecule has 14 heavy (non-hydrogen) atoms. The number of rotatable bonds is 1. The lowest BCUT2D eigenvalue weighted by atomic mass is 9.60. The zero-order valence-corrected chi connectivity index (χ0v) is 8.45. The number of hydrogen-bond acceptors (Lipinski definition) is 1. The first-order chi connectivity index (χ1) is 6.95. The van der Waals surface area contributed by atoms with Gasteiger partial charge >= 0.3 is 0 Å². The second-order valence-electron chi connectivity index (χ2n) is 4.67. The Morgan fingerprint density at radius 2 is 2.00 bits per heavy atom. The molecule has 1 saturated heterocycles. The molecule has 1 heterocycles. The fourth-order valence-corrected chi connectivity index (χ4v) is 3.09. The van der Waals surface area contributed by atoms with Crippen LogP contribution in [-0.2, 0) is 0 Å². The Morgan fingerprint density at radius 1 is 1.14 bits per heavy atom. The summed E-state index contributed by atoms with van der Waals surface area (Å²) < 4.78 is 0. The summed E-state index contributed by atoms with van der Waals surface area (Å²) in [7, 11) is 0. The first kappa shape index (κ1) is 8.49. The van der Waals surface area contributed by atoms with Crippen LogP contribution in [0.25, 0.3) is 0 Å². The van der Waals surface area contributed by atoms with Crippen molar-refractivity contribution in [3.05, 3.63) is 35.9 Å². The molecular formula is C13H17N. The van der Waals surface area contributed by atoms with Crippen molar-refractivity contribution in [2.45, 2.75) is 18.8 Å². The van der Waals surface area contributed by atoms with Gasteiger partial charge in [0.15, 0.2) is 0 Å². The molecule has 0 bridgehead atoms. The molecule has 1 saturated carbocycles. The van der Waals surface area contributed by atoms with Crippen molar-refractivity contribution in [2.24, 2.45) is 11.8 Å². The van der Waals surface area contributed by atoms with E-state index in [0.29, 0.717) is 0 Å². The molecular weight excluding hydrogens is 170 g/mol. The van der Waals surface area contributed by atoms with Crippen LogP contribution in [0.15, 0.2) is 30.3 Å². The third kappa shape index (κ3) is 1.27. The monoisotopic (exact) mass is 187 g/mol. The third-order valence-electron chi connectivity index (χ3n) is 3.98. The Labute approximate surface area is 85.5 Å². The lowest BCUT2D eigenvalue weighted by Crippen LogP contribution is -2.47. The maximum Gasteiger partial charge on any atom is -0.00120 e. The number of benzene rings is 1. The van der Waals surface area contributed by atoms with Crippen LogP contribution in [0.1, 0.15) is 24.3 Å². The number of piperidine rings is 1. The minimum atomic E-state index is 0.842. The van der Waals surface area contributed by atoms with Crippen LogP contribution in [0.5, 0.6) is 0 Å². The second kappa shape index (κ2) is 3.39. The fourth-order valence-electron chi connectivity index (χ4n) is 3.09. The third-order valence-corrected chi connectivity index (χ3v) is 3.98. The molecule has 1 aliphatic heterocycles. The number of nitrogens with one attached hydrogen (secondary N) is 1. The number of hydrogen-bond donors (Lipinski definition) is 1. The van der Waals surface area contributed by atoms with Gasteiger partial charge in [0.05, 0.1) is 0 Å². The van der Waals surface area contributed by atoms with Crippen molar-refractivity contribution in [2.75, 3.05) is 13.1 Å². The van der Waals surface area contributed by atoms with E-state index in [0.717, 1.165) is 17.8 Å². The molecule has 1 aliphatic carbocycles. The summed E-state index contributed by atoms with van der Waals surface area (Å²) in [5, 5.41) is 3.52. The van der Waals surface area contributed by atoms with Crippen molar-refractivity contribution in [1.82, 2.24) is 5.32 Å². The van der Waals surface area contributed by atoms with Crippen LogP contribution < -0.4 is 5.32 Å². The molecule has 2 aliphatic rings. The van der Waals surface area contributed by atoms with Gasteiger partial charge < -0.3 is 5.32 Å². The largest absolute Gasteiger partial charge is 0.316 e. The van der Waals surface area contributed by atoms with Crippen molar-refractivity contribution in [1.29, 1.82) is 0 Å². The Kier molecular flexibility index (Phi) is 2.06. The van der Waals surface area contributed by atoms with E-state index in [2.05, 4.69) is 35.6 Å². The minimum absolute atomic E-state index is 0.842. The summed E-state index contributed by atoms with van der Waals surface area (Å²) in [6.07, 6.45) is 2.82. The van der Waals surface area contributed by atoms with E-state index in [-0.39, 0.29) is 0 Å². The van der Waals surface area contributed by atoms with Gasteiger partial charge in [-0.2, -0.15) is 0 Å². The predicted molar refractivity (Wildman–Crippen MR) is 58.3 cm³/mol. The average molecular weight is 187 g/mol. The Morgan fingerprint density at radius 3 is 2.79 bits per heavy atom. The second-order valence-corrected chi connectivity index (χ2v) is 4.67. The molecule has 3 rings (SSSR count).